The molecule has 4 rings (SSSR count). The summed E-state index contributed by atoms with van der Waals surface area (Å²) in [4.78, 5) is 23.8. The monoisotopic (exact) mass is 361 g/mol. The molecule has 1 aliphatic heterocycles. The Balaban J connectivity index is 2.21. The summed E-state index contributed by atoms with van der Waals surface area (Å²) < 4.78 is 50.5. The van der Waals surface area contributed by atoms with Gasteiger partial charge in [0.15, 0.2) is 5.75 Å². The summed E-state index contributed by atoms with van der Waals surface area (Å²) in [5, 5.41) is 9.02. The SMILES string of the molecule is O=C(O)c1cn2c3c(cccc3c1=O)OC(F)(F)C2(F)c1ccccc1. The van der Waals surface area contributed by atoms with Crippen molar-refractivity contribution in [1.29, 1.82) is 0 Å². The predicted octanol–water partition coefficient (Wildman–Crippen LogP) is 3.36. The highest BCUT2D eigenvalue weighted by molar-refractivity contribution is 5.94. The third-order valence-corrected chi connectivity index (χ3v) is 4.33. The minimum Gasteiger partial charge on any atom is -0.477 e. The van der Waals surface area contributed by atoms with E-state index in [9.17, 15) is 23.5 Å². The number of rotatable bonds is 2. The fraction of sp³-hybridized carbons (Fsp3) is 0.111. The van der Waals surface area contributed by atoms with Crippen LogP contribution in [-0.2, 0) is 5.79 Å². The minimum absolute atomic E-state index is 0.226. The highest BCUT2D eigenvalue weighted by atomic mass is 19.3. The summed E-state index contributed by atoms with van der Waals surface area (Å²) in [6.07, 6.45) is -3.75. The number of alkyl halides is 3. The molecule has 132 valence electrons. The molecule has 1 N–H and O–H groups in total. The smallest absolute Gasteiger partial charge is 0.458 e. The second-order valence-electron chi connectivity index (χ2n) is 5.81. The van der Waals surface area contributed by atoms with Gasteiger partial charge < -0.3 is 9.84 Å². The maximum atomic E-state index is 15.9. The van der Waals surface area contributed by atoms with E-state index in [0.717, 1.165) is 18.2 Å². The lowest BCUT2D eigenvalue weighted by Gasteiger charge is -2.40. The standard InChI is InChI=1S/C18H10F3NO4/c19-17(10-5-2-1-3-6-10)18(20,21)26-13-8-4-7-11-14(13)22(17)9-12(15(11)23)16(24)25/h1-9H,(H,24,25). The topological polar surface area (TPSA) is 68.5 Å². The second-order valence-corrected chi connectivity index (χ2v) is 5.81. The molecule has 0 aliphatic carbocycles. The quantitative estimate of drug-likeness (QED) is 0.760. The molecule has 26 heavy (non-hydrogen) atoms. The van der Waals surface area contributed by atoms with E-state index in [4.69, 9.17) is 0 Å². The van der Waals surface area contributed by atoms with Crippen molar-refractivity contribution in [2.24, 2.45) is 0 Å². The van der Waals surface area contributed by atoms with Crippen molar-refractivity contribution in [2.45, 2.75) is 11.9 Å². The number of aromatic nitrogens is 1. The van der Waals surface area contributed by atoms with E-state index in [-0.39, 0.29) is 10.9 Å². The van der Waals surface area contributed by atoms with Gasteiger partial charge in [-0.2, -0.15) is 8.78 Å². The fourth-order valence-corrected chi connectivity index (χ4v) is 3.14. The first-order chi connectivity index (χ1) is 12.3. The van der Waals surface area contributed by atoms with Crippen LogP contribution in [0, 0.1) is 0 Å². The predicted molar refractivity (Wildman–Crippen MR) is 85.4 cm³/mol. The molecule has 1 aromatic heterocycles. The lowest BCUT2D eigenvalue weighted by molar-refractivity contribution is -0.283. The molecule has 0 fully saturated rings. The van der Waals surface area contributed by atoms with E-state index in [2.05, 4.69) is 4.74 Å². The Kier molecular flexibility index (Phi) is 3.18. The van der Waals surface area contributed by atoms with Crippen LogP contribution in [0.4, 0.5) is 13.2 Å². The summed E-state index contributed by atoms with van der Waals surface area (Å²) in [6.45, 7) is 0. The number of carboxylic acid groups (broad SMARTS) is 1. The number of hydrogen-bond acceptors (Lipinski definition) is 3. The van der Waals surface area contributed by atoms with Crippen LogP contribution in [0.1, 0.15) is 15.9 Å². The van der Waals surface area contributed by atoms with Crippen LogP contribution >= 0.6 is 0 Å². The number of hydrogen-bond donors (Lipinski definition) is 1. The van der Waals surface area contributed by atoms with Gasteiger partial charge in [-0.1, -0.05) is 36.4 Å². The van der Waals surface area contributed by atoms with Gasteiger partial charge in [0.25, 0.3) is 0 Å². The first kappa shape index (κ1) is 16.2. The Morgan fingerprint density at radius 2 is 1.73 bits per heavy atom. The van der Waals surface area contributed by atoms with Crippen molar-refractivity contribution in [3.05, 3.63) is 76.1 Å². The molecule has 0 saturated carbocycles. The van der Waals surface area contributed by atoms with Gasteiger partial charge >= 0.3 is 17.9 Å². The molecule has 0 saturated heterocycles. The zero-order chi connectivity index (χ0) is 18.7. The number of ether oxygens (including phenoxy) is 1. The van der Waals surface area contributed by atoms with Gasteiger partial charge in [0.1, 0.15) is 5.56 Å². The Hall–Kier alpha value is -3.29. The largest absolute Gasteiger partial charge is 0.477 e. The second kappa shape index (κ2) is 5.10. The van der Waals surface area contributed by atoms with Gasteiger partial charge in [0, 0.05) is 11.8 Å². The van der Waals surface area contributed by atoms with Crippen LogP contribution in [-0.4, -0.2) is 21.8 Å². The molecule has 1 atom stereocenters. The Morgan fingerprint density at radius 3 is 2.38 bits per heavy atom. The molecule has 0 spiro atoms. The van der Waals surface area contributed by atoms with E-state index < -0.39 is 40.2 Å². The first-order valence-electron chi connectivity index (χ1n) is 7.51. The number of aromatic carboxylic acids is 1. The number of halogens is 3. The first-order valence-corrected chi connectivity index (χ1v) is 7.51. The summed E-state index contributed by atoms with van der Waals surface area (Å²) in [6, 6.07) is 10.2. The average Bonchev–Trinajstić information content (AvgIpc) is 2.61. The number of nitrogens with zero attached hydrogens (tertiary/aromatic N) is 1. The van der Waals surface area contributed by atoms with Gasteiger partial charge in [0.2, 0.25) is 5.43 Å². The van der Waals surface area contributed by atoms with Crippen molar-refractivity contribution < 1.29 is 27.8 Å². The van der Waals surface area contributed by atoms with Crippen molar-refractivity contribution in [3.8, 4) is 5.75 Å². The molecule has 5 nitrogen and oxygen atoms in total. The maximum Gasteiger partial charge on any atom is 0.458 e. The van der Waals surface area contributed by atoms with Crippen LogP contribution in [0.5, 0.6) is 5.75 Å². The number of carboxylic acids is 1. The Bertz CT molecular complexity index is 1110. The van der Waals surface area contributed by atoms with Crippen molar-refractivity contribution in [2.75, 3.05) is 0 Å². The van der Waals surface area contributed by atoms with Gasteiger partial charge in [-0.05, 0) is 12.1 Å². The van der Waals surface area contributed by atoms with E-state index in [1.807, 2.05) is 0 Å². The van der Waals surface area contributed by atoms with E-state index in [0.29, 0.717) is 10.8 Å². The third-order valence-electron chi connectivity index (χ3n) is 4.33. The van der Waals surface area contributed by atoms with Crippen molar-refractivity contribution in [1.82, 2.24) is 4.57 Å². The van der Waals surface area contributed by atoms with E-state index in [1.54, 1.807) is 0 Å². The van der Waals surface area contributed by atoms with Crippen molar-refractivity contribution in [3.63, 3.8) is 0 Å². The fourth-order valence-electron chi connectivity index (χ4n) is 3.14. The molecule has 0 radical (unpaired) electrons. The molecule has 1 unspecified atom stereocenters. The normalized spacial score (nSPS) is 20.6. The average molecular weight is 361 g/mol. The number of carbonyl (C=O) groups is 1. The lowest BCUT2D eigenvalue weighted by atomic mass is 9.98. The zero-order valence-corrected chi connectivity index (χ0v) is 12.9. The summed E-state index contributed by atoms with van der Waals surface area (Å²) in [5.41, 5.74) is -2.40. The van der Waals surface area contributed by atoms with Crippen LogP contribution in [0.3, 0.4) is 0 Å². The molecule has 3 aromatic rings. The zero-order valence-electron chi connectivity index (χ0n) is 12.9. The van der Waals surface area contributed by atoms with Crippen LogP contribution in [0.25, 0.3) is 10.9 Å². The molecular weight excluding hydrogens is 351 g/mol. The van der Waals surface area contributed by atoms with Crippen LogP contribution in [0.2, 0.25) is 0 Å². The van der Waals surface area contributed by atoms with Crippen LogP contribution < -0.4 is 10.2 Å². The Morgan fingerprint density at radius 1 is 1.04 bits per heavy atom. The summed E-state index contributed by atoms with van der Waals surface area (Å²) >= 11 is 0. The van der Waals surface area contributed by atoms with Gasteiger partial charge in [0.05, 0.1) is 10.9 Å². The molecule has 2 aromatic carbocycles. The van der Waals surface area contributed by atoms with Gasteiger partial charge in [-0.3, -0.25) is 9.36 Å². The van der Waals surface area contributed by atoms with Gasteiger partial charge in [-0.25, -0.2) is 9.18 Å². The number of benzene rings is 2. The highest BCUT2D eigenvalue weighted by Crippen LogP contribution is 2.50. The third kappa shape index (κ3) is 1.92. The lowest BCUT2D eigenvalue weighted by Crippen LogP contribution is -2.54. The molecule has 0 amide bonds. The minimum atomic E-state index is -4.35. The van der Waals surface area contributed by atoms with Gasteiger partial charge in [-0.15, -0.1) is 0 Å². The molecular formula is C18H10F3NO4. The summed E-state index contributed by atoms with van der Waals surface area (Å²) in [5.74, 6) is -5.60. The molecule has 1 aliphatic rings. The molecule has 0 bridgehead atoms. The number of para-hydroxylation sites is 1. The van der Waals surface area contributed by atoms with E-state index in [1.165, 1.54) is 30.3 Å². The molecule has 2 heterocycles. The summed E-state index contributed by atoms with van der Waals surface area (Å²) in [7, 11) is 0. The molecule has 8 heteroatoms. The highest BCUT2D eigenvalue weighted by Gasteiger charge is 2.63. The Labute approximate surface area is 143 Å². The maximum absolute atomic E-state index is 15.9. The van der Waals surface area contributed by atoms with Crippen molar-refractivity contribution >= 4 is 16.9 Å². The van der Waals surface area contributed by atoms with E-state index >= 15 is 4.39 Å². The number of pyridine rings is 1. The van der Waals surface area contributed by atoms with Crippen LogP contribution in [0.15, 0.2) is 59.5 Å².